The molecule has 0 N–H and O–H groups in total. The molecule has 3 aromatic carbocycles. The van der Waals surface area contributed by atoms with Gasteiger partial charge in [0.25, 0.3) is 5.56 Å². The van der Waals surface area contributed by atoms with Crippen molar-refractivity contribution >= 4 is 44.6 Å². The maximum Gasteiger partial charge on any atom is 0.282 e. The Morgan fingerprint density at radius 3 is 2.82 bits per heavy atom. The number of unbranched alkanes of at least 4 members (excludes halogenated alkanes) is 1. The van der Waals surface area contributed by atoms with Crippen LogP contribution in [-0.2, 0) is 13.0 Å². The highest BCUT2D eigenvalue weighted by molar-refractivity contribution is 9.10. The standard InChI is InChI=1S/C26H22BrClFN3O2/c1-2-3-7-25-31-23-10-8-19(27)14-22(23)26(33)32(25)30-15-18-13-20(28)9-11-24(18)34-16-17-5-4-6-21(29)12-17/h4-6,8-15H,2-3,7,16H2,1H3. The first-order valence-electron chi connectivity index (χ1n) is 10.9. The van der Waals surface area contributed by atoms with Gasteiger partial charge in [-0.05, 0) is 60.5 Å². The average Bonchev–Trinajstić information content (AvgIpc) is 2.82. The van der Waals surface area contributed by atoms with Crippen LogP contribution in [0.4, 0.5) is 4.39 Å². The molecule has 4 aromatic rings. The summed E-state index contributed by atoms with van der Waals surface area (Å²) in [6.07, 6.45) is 4.00. The molecule has 0 saturated heterocycles. The maximum absolute atomic E-state index is 13.5. The summed E-state index contributed by atoms with van der Waals surface area (Å²) in [6.45, 7) is 2.26. The quantitative estimate of drug-likeness (QED) is 0.231. The smallest absolute Gasteiger partial charge is 0.282 e. The zero-order valence-electron chi connectivity index (χ0n) is 18.5. The summed E-state index contributed by atoms with van der Waals surface area (Å²) in [5, 5.41) is 5.45. The van der Waals surface area contributed by atoms with Gasteiger partial charge in [-0.1, -0.05) is 53.0 Å². The summed E-state index contributed by atoms with van der Waals surface area (Å²) in [4.78, 5) is 18.0. The van der Waals surface area contributed by atoms with Crippen molar-refractivity contribution in [2.24, 2.45) is 5.10 Å². The first-order valence-corrected chi connectivity index (χ1v) is 12.0. The zero-order chi connectivity index (χ0) is 24.1. The molecule has 0 spiro atoms. The highest BCUT2D eigenvalue weighted by Gasteiger charge is 2.12. The summed E-state index contributed by atoms with van der Waals surface area (Å²) in [5.41, 5.74) is 1.66. The van der Waals surface area contributed by atoms with Gasteiger partial charge in [-0.3, -0.25) is 4.79 Å². The predicted octanol–water partition coefficient (Wildman–Crippen LogP) is 6.76. The topological polar surface area (TPSA) is 56.5 Å². The summed E-state index contributed by atoms with van der Waals surface area (Å²) < 4.78 is 21.5. The number of nitrogens with zero attached hydrogens (tertiary/aromatic N) is 3. The van der Waals surface area contributed by atoms with Crippen LogP contribution in [0, 0.1) is 5.82 Å². The van der Waals surface area contributed by atoms with Crippen LogP contribution in [0.5, 0.6) is 5.75 Å². The normalized spacial score (nSPS) is 11.4. The van der Waals surface area contributed by atoms with E-state index in [1.807, 2.05) is 12.1 Å². The monoisotopic (exact) mass is 541 g/mol. The molecule has 0 bridgehead atoms. The molecule has 0 aliphatic carbocycles. The van der Waals surface area contributed by atoms with Gasteiger partial charge < -0.3 is 4.74 Å². The molecule has 0 radical (unpaired) electrons. The van der Waals surface area contributed by atoms with Gasteiger partial charge in [0.2, 0.25) is 0 Å². The fraction of sp³-hybridized carbons (Fsp3) is 0.192. The van der Waals surface area contributed by atoms with Gasteiger partial charge in [0, 0.05) is 21.5 Å². The van der Waals surface area contributed by atoms with Crippen molar-refractivity contribution in [3.63, 3.8) is 0 Å². The molecular formula is C26H22BrClFN3O2. The number of hydrogen-bond donors (Lipinski definition) is 0. The van der Waals surface area contributed by atoms with Gasteiger partial charge in [0.1, 0.15) is 24.0 Å². The van der Waals surface area contributed by atoms with Crippen LogP contribution in [0.3, 0.4) is 0 Å². The van der Waals surface area contributed by atoms with Crippen LogP contribution in [0.25, 0.3) is 10.9 Å². The Hall–Kier alpha value is -3.03. The Balaban J connectivity index is 1.71. The molecule has 0 unspecified atom stereocenters. The summed E-state index contributed by atoms with van der Waals surface area (Å²) in [6, 6.07) is 16.8. The lowest BCUT2D eigenvalue weighted by Crippen LogP contribution is -2.22. The summed E-state index contributed by atoms with van der Waals surface area (Å²) in [7, 11) is 0. The van der Waals surface area contributed by atoms with Gasteiger partial charge in [0.15, 0.2) is 0 Å². The second-order valence-electron chi connectivity index (χ2n) is 7.76. The van der Waals surface area contributed by atoms with E-state index in [9.17, 15) is 9.18 Å². The molecular weight excluding hydrogens is 521 g/mol. The Bertz CT molecular complexity index is 1420. The van der Waals surface area contributed by atoms with E-state index < -0.39 is 0 Å². The number of ether oxygens (including phenoxy) is 1. The third-order valence-electron chi connectivity index (χ3n) is 5.20. The number of rotatable bonds is 8. The average molecular weight is 543 g/mol. The molecule has 0 amide bonds. The van der Waals surface area contributed by atoms with Crippen molar-refractivity contribution in [1.82, 2.24) is 9.66 Å². The van der Waals surface area contributed by atoms with Gasteiger partial charge in [0.05, 0.1) is 17.1 Å². The number of aryl methyl sites for hydroxylation is 1. The third kappa shape index (κ3) is 5.72. The van der Waals surface area contributed by atoms with Gasteiger partial charge in [-0.25, -0.2) is 9.37 Å². The van der Waals surface area contributed by atoms with Crippen molar-refractivity contribution in [3.05, 3.63) is 103 Å². The molecule has 8 heteroatoms. The Kier molecular flexibility index (Phi) is 7.75. The van der Waals surface area contributed by atoms with E-state index in [0.717, 1.165) is 17.3 Å². The molecule has 0 atom stereocenters. The van der Waals surface area contributed by atoms with Gasteiger partial charge >= 0.3 is 0 Å². The van der Waals surface area contributed by atoms with Crippen LogP contribution < -0.4 is 10.3 Å². The van der Waals surface area contributed by atoms with Crippen molar-refractivity contribution in [3.8, 4) is 5.75 Å². The minimum Gasteiger partial charge on any atom is -0.488 e. The predicted molar refractivity (Wildman–Crippen MR) is 137 cm³/mol. The number of hydrogen-bond acceptors (Lipinski definition) is 4. The third-order valence-corrected chi connectivity index (χ3v) is 5.93. The highest BCUT2D eigenvalue weighted by atomic mass is 79.9. The van der Waals surface area contributed by atoms with Gasteiger partial charge in [-0.15, -0.1) is 0 Å². The van der Waals surface area contributed by atoms with Crippen LogP contribution in [0.15, 0.2) is 75.0 Å². The maximum atomic E-state index is 13.5. The second-order valence-corrected chi connectivity index (χ2v) is 9.11. The van der Waals surface area contributed by atoms with Crippen molar-refractivity contribution < 1.29 is 9.13 Å². The first kappa shape index (κ1) is 24.1. The summed E-state index contributed by atoms with van der Waals surface area (Å²) >= 11 is 9.63. The molecule has 0 fully saturated rings. The molecule has 34 heavy (non-hydrogen) atoms. The van der Waals surface area contributed by atoms with Crippen LogP contribution in [0.1, 0.15) is 36.7 Å². The van der Waals surface area contributed by atoms with Gasteiger partial charge in [-0.2, -0.15) is 9.78 Å². The Labute approximate surface area is 210 Å². The van der Waals surface area contributed by atoms with E-state index in [1.54, 1.807) is 36.4 Å². The highest BCUT2D eigenvalue weighted by Crippen LogP contribution is 2.23. The number of halogens is 3. The van der Waals surface area contributed by atoms with E-state index >= 15 is 0 Å². The van der Waals surface area contributed by atoms with Crippen molar-refractivity contribution in [1.29, 1.82) is 0 Å². The molecule has 0 saturated carbocycles. The second kappa shape index (κ2) is 10.9. The fourth-order valence-corrected chi connectivity index (χ4v) is 4.01. The van der Waals surface area contributed by atoms with E-state index in [-0.39, 0.29) is 18.0 Å². The first-order chi connectivity index (χ1) is 16.4. The lowest BCUT2D eigenvalue weighted by molar-refractivity contribution is 0.305. The zero-order valence-corrected chi connectivity index (χ0v) is 20.8. The van der Waals surface area contributed by atoms with Crippen LogP contribution in [-0.4, -0.2) is 15.9 Å². The van der Waals surface area contributed by atoms with Crippen LogP contribution >= 0.6 is 27.5 Å². The molecule has 1 aromatic heterocycles. The largest absolute Gasteiger partial charge is 0.488 e. The lowest BCUT2D eigenvalue weighted by Gasteiger charge is -2.11. The Morgan fingerprint density at radius 1 is 1.18 bits per heavy atom. The minimum absolute atomic E-state index is 0.174. The SMILES string of the molecule is CCCCc1nc2ccc(Br)cc2c(=O)n1N=Cc1cc(Cl)ccc1OCc1cccc(F)c1. The van der Waals surface area contributed by atoms with E-state index in [4.69, 9.17) is 16.3 Å². The number of fused-ring (bicyclic) bond motifs is 1. The number of aromatic nitrogens is 2. The summed E-state index contributed by atoms with van der Waals surface area (Å²) in [5.74, 6) is 0.771. The van der Waals surface area contributed by atoms with Crippen molar-refractivity contribution in [2.45, 2.75) is 32.8 Å². The molecule has 4 rings (SSSR count). The van der Waals surface area contributed by atoms with E-state index in [2.05, 4.69) is 32.9 Å². The fourth-order valence-electron chi connectivity index (χ4n) is 3.47. The van der Waals surface area contributed by atoms with Crippen molar-refractivity contribution in [2.75, 3.05) is 0 Å². The molecule has 0 aliphatic heterocycles. The van der Waals surface area contributed by atoms with Crippen LogP contribution in [0.2, 0.25) is 5.02 Å². The molecule has 5 nitrogen and oxygen atoms in total. The lowest BCUT2D eigenvalue weighted by atomic mass is 10.2. The molecule has 174 valence electrons. The molecule has 0 aliphatic rings. The Morgan fingerprint density at radius 2 is 2.03 bits per heavy atom. The van der Waals surface area contributed by atoms with E-state index in [1.165, 1.54) is 23.0 Å². The van der Waals surface area contributed by atoms with E-state index in [0.29, 0.717) is 45.0 Å². The number of benzene rings is 3. The minimum atomic E-state index is -0.326. The molecule has 1 heterocycles.